The van der Waals surface area contributed by atoms with Gasteiger partial charge in [0.15, 0.2) is 6.23 Å². The summed E-state index contributed by atoms with van der Waals surface area (Å²) >= 11 is 0. The molecule has 9 heteroatoms. The van der Waals surface area contributed by atoms with Crippen LogP contribution in [0.1, 0.15) is 22.1 Å². The zero-order valence-corrected chi connectivity index (χ0v) is 17.8. The lowest BCUT2D eigenvalue weighted by atomic mass is 10.0. The average molecular weight is 450 g/mol. The Balaban J connectivity index is 1.27. The lowest BCUT2D eigenvalue weighted by molar-refractivity contribution is -0.112. The standard InChI is InChI=1S/C24H22N2O7/c1-14-11-26(24(29)25-21(14)27)22-20-19(31-13-32-20)18(33-22)12-30-23(28)17-9-7-16(8-10-17)15-5-3-2-4-6-15/h2-11,18-20,22H,12-13H2,1H3,(H,25,27,29). The maximum Gasteiger partial charge on any atom is 0.338 e. The van der Waals surface area contributed by atoms with E-state index in [-0.39, 0.29) is 13.4 Å². The number of aromatic nitrogens is 2. The lowest BCUT2D eigenvalue weighted by Crippen LogP contribution is -2.37. The SMILES string of the molecule is Cc1cn(C2OC(COC(=O)c3ccc(-c4ccccc4)cc3)C3OCOC32)c(=O)[nH]c1=O. The van der Waals surface area contributed by atoms with Gasteiger partial charge in [-0.25, -0.2) is 9.59 Å². The van der Waals surface area contributed by atoms with E-state index in [1.165, 1.54) is 10.8 Å². The van der Waals surface area contributed by atoms with Crippen molar-refractivity contribution in [2.45, 2.75) is 31.5 Å². The summed E-state index contributed by atoms with van der Waals surface area (Å²) in [4.78, 5) is 38.8. The van der Waals surface area contributed by atoms with Crippen molar-refractivity contribution < 1.29 is 23.7 Å². The number of nitrogens with one attached hydrogen (secondary N) is 1. The van der Waals surface area contributed by atoms with E-state index in [1.54, 1.807) is 19.1 Å². The third kappa shape index (κ3) is 4.13. The minimum absolute atomic E-state index is 0.0394. The highest BCUT2D eigenvalue weighted by Gasteiger charge is 2.51. The molecular weight excluding hydrogens is 428 g/mol. The van der Waals surface area contributed by atoms with Gasteiger partial charge < -0.3 is 18.9 Å². The van der Waals surface area contributed by atoms with Crippen molar-refractivity contribution in [1.29, 1.82) is 0 Å². The number of aryl methyl sites for hydroxylation is 1. The van der Waals surface area contributed by atoms with Gasteiger partial charge in [-0.15, -0.1) is 0 Å². The number of aromatic amines is 1. The molecule has 33 heavy (non-hydrogen) atoms. The van der Waals surface area contributed by atoms with Crippen LogP contribution in [0.4, 0.5) is 0 Å². The van der Waals surface area contributed by atoms with Crippen LogP contribution < -0.4 is 11.2 Å². The van der Waals surface area contributed by atoms with Gasteiger partial charge in [-0.1, -0.05) is 42.5 Å². The Morgan fingerprint density at radius 3 is 2.48 bits per heavy atom. The summed E-state index contributed by atoms with van der Waals surface area (Å²) in [5.74, 6) is -0.492. The molecule has 1 N–H and O–H groups in total. The van der Waals surface area contributed by atoms with Crippen LogP contribution in [0.2, 0.25) is 0 Å². The average Bonchev–Trinajstić information content (AvgIpc) is 3.44. The molecule has 9 nitrogen and oxygen atoms in total. The van der Waals surface area contributed by atoms with Crippen LogP contribution in [0.3, 0.4) is 0 Å². The molecule has 3 heterocycles. The molecule has 0 amide bonds. The van der Waals surface area contributed by atoms with E-state index in [2.05, 4.69) is 4.98 Å². The van der Waals surface area contributed by atoms with E-state index < -0.39 is 41.8 Å². The Morgan fingerprint density at radius 2 is 1.73 bits per heavy atom. The van der Waals surface area contributed by atoms with Gasteiger partial charge in [0.1, 0.15) is 31.7 Å². The van der Waals surface area contributed by atoms with Crippen molar-refractivity contribution in [2.75, 3.05) is 13.4 Å². The lowest BCUT2D eigenvalue weighted by Gasteiger charge is -2.19. The van der Waals surface area contributed by atoms with E-state index in [9.17, 15) is 14.4 Å². The molecule has 2 fully saturated rings. The summed E-state index contributed by atoms with van der Waals surface area (Å²) in [6.07, 6.45) is -1.10. The molecule has 0 bridgehead atoms. The molecule has 0 spiro atoms. The quantitative estimate of drug-likeness (QED) is 0.592. The number of rotatable bonds is 5. The van der Waals surface area contributed by atoms with Gasteiger partial charge in [0.25, 0.3) is 5.56 Å². The van der Waals surface area contributed by atoms with Gasteiger partial charge in [0.05, 0.1) is 5.56 Å². The Bertz CT molecular complexity index is 1270. The molecule has 0 aliphatic carbocycles. The second-order valence-corrected chi connectivity index (χ2v) is 7.97. The second kappa shape index (κ2) is 8.78. The van der Waals surface area contributed by atoms with E-state index in [4.69, 9.17) is 18.9 Å². The number of nitrogens with zero attached hydrogens (tertiary/aromatic N) is 1. The van der Waals surface area contributed by atoms with Crippen molar-refractivity contribution in [1.82, 2.24) is 9.55 Å². The number of H-pyrrole nitrogens is 1. The summed E-state index contributed by atoms with van der Waals surface area (Å²) in [7, 11) is 0. The highest BCUT2D eigenvalue weighted by atomic mass is 16.7. The van der Waals surface area contributed by atoms with Gasteiger partial charge in [0, 0.05) is 11.8 Å². The Hall–Kier alpha value is -3.53. The number of hydrogen-bond donors (Lipinski definition) is 1. The van der Waals surface area contributed by atoms with Crippen LogP contribution in [-0.2, 0) is 18.9 Å². The van der Waals surface area contributed by atoms with Gasteiger partial charge >= 0.3 is 11.7 Å². The van der Waals surface area contributed by atoms with Crippen LogP contribution in [0.15, 0.2) is 70.4 Å². The maximum atomic E-state index is 12.6. The van der Waals surface area contributed by atoms with E-state index in [0.717, 1.165) is 11.1 Å². The largest absolute Gasteiger partial charge is 0.459 e. The van der Waals surface area contributed by atoms with Crippen LogP contribution in [0, 0.1) is 6.92 Å². The molecule has 4 unspecified atom stereocenters. The molecule has 4 atom stereocenters. The molecule has 0 saturated carbocycles. The van der Waals surface area contributed by atoms with Crippen molar-refractivity contribution in [3.05, 3.63) is 92.8 Å². The van der Waals surface area contributed by atoms with Crippen LogP contribution in [-0.4, -0.2) is 47.2 Å². The first-order valence-corrected chi connectivity index (χ1v) is 10.5. The predicted octanol–water partition coefficient (Wildman–Crippen LogP) is 2.01. The number of benzene rings is 2. The van der Waals surface area contributed by atoms with Crippen molar-refractivity contribution in [3.8, 4) is 11.1 Å². The molecule has 2 aliphatic rings. The molecule has 2 saturated heterocycles. The fourth-order valence-corrected chi connectivity index (χ4v) is 4.09. The number of esters is 1. The predicted molar refractivity (Wildman–Crippen MR) is 117 cm³/mol. The summed E-state index contributed by atoms with van der Waals surface area (Å²) in [5, 5.41) is 0. The molecular formula is C24H22N2O7. The minimum Gasteiger partial charge on any atom is -0.459 e. The smallest absolute Gasteiger partial charge is 0.338 e. The van der Waals surface area contributed by atoms with Crippen molar-refractivity contribution in [3.63, 3.8) is 0 Å². The fraction of sp³-hybridized carbons (Fsp3) is 0.292. The topological polar surface area (TPSA) is 109 Å². The van der Waals surface area contributed by atoms with E-state index >= 15 is 0 Å². The minimum atomic E-state index is -0.811. The summed E-state index contributed by atoms with van der Waals surface area (Å²) in [6.45, 7) is 1.56. The van der Waals surface area contributed by atoms with Gasteiger partial charge in [-0.3, -0.25) is 14.3 Å². The summed E-state index contributed by atoms with van der Waals surface area (Å²) in [5.41, 5.74) is 1.76. The number of ether oxygens (including phenoxy) is 4. The maximum absolute atomic E-state index is 12.6. The first-order chi connectivity index (χ1) is 16.0. The van der Waals surface area contributed by atoms with Crippen LogP contribution in [0.25, 0.3) is 11.1 Å². The highest BCUT2D eigenvalue weighted by molar-refractivity contribution is 5.90. The summed E-state index contributed by atoms with van der Waals surface area (Å²) in [6, 6.07) is 17.0. The van der Waals surface area contributed by atoms with Gasteiger partial charge in [0.2, 0.25) is 0 Å². The highest BCUT2D eigenvalue weighted by Crippen LogP contribution is 2.36. The number of carbonyl (C=O) groups excluding carboxylic acids is 1. The number of fused-ring (bicyclic) bond motifs is 1. The molecule has 2 aromatic carbocycles. The Labute approximate surface area is 188 Å². The fourth-order valence-electron chi connectivity index (χ4n) is 4.09. The van der Waals surface area contributed by atoms with Crippen LogP contribution >= 0.6 is 0 Å². The van der Waals surface area contributed by atoms with Crippen LogP contribution in [0.5, 0.6) is 0 Å². The van der Waals surface area contributed by atoms with Crippen molar-refractivity contribution >= 4 is 5.97 Å². The summed E-state index contributed by atoms with van der Waals surface area (Å²) < 4.78 is 23.9. The zero-order chi connectivity index (χ0) is 22.9. The monoisotopic (exact) mass is 450 g/mol. The Morgan fingerprint density at radius 1 is 1.03 bits per heavy atom. The van der Waals surface area contributed by atoms with Gasteiger partial charge in [-0.2, -0.15) is 0 Å². The number of hydrogen-bond acceptors (Lipinski definition) is 7. The Kier molecular flexibility index (Phi) is 5.67. The van der Waals surface area contributed by atoms with E-state index in [1.807, 2.05) is 42.5 Å². The third-order valence-electron chi connectivity index (χ3n) is 5.83. The molecule has 0 radical (unpaired) electrons. The van der Waals surface area contributed by atoms with Crippen molar-refractivity contribution in [2.24, 2.45) is 0 Å². The number of carbonyl (C=O) groups is 1. The molecule has 5 rings (SSSR count). The molecule has 170 valence electrons. The second-order valence-electron chi connectivity index (χ2n) is 7.97. The van der Waals surface area contributed by atoms with Gasteiger partial charge in [-0.05, 0) is 30.2 Å². The molecule has 3 aromatic rings. The first kappa shape index (κ1) is 21.3. The first-order valence-electron chi connectivity index (χ1n) is 10.5. The normalized spacial score (nSPS) is 23.9. The molecule has 1 aromatic heterocycles. The third-order valence-corrected chi connectivity index (χ3v) is 5.83. The molecule has 2 aliphatic heterocycles. The zero-order valence-electron chi connectivity index (χ0n) is 17.8. The van der Waals surface area contributed by atoms with E-state index in [0.29, 0.717) is 11.1 Å².